The number of rotatable bonds is 4. The molecule has 0 aromatic rings. The quantitative estimate of drug-likeness (QED) is 0.601. The van der Waals surface area contributed by atoms with Gasteiger partial charge in [-0.3, -0.25) is 9.69 Å². The Hall–Kier alpha value is -0.650. The Morgan fingerprint density at radius 3 is 2.94 bits per heavy atom. The van der Waals surface area contributed by atoms with Crippen LogP contribution in [-0.2, 0) is 4.79 Å². The lowest BCUT2D eigenvalue weighted by atomic mass is 9.82. The van der Waals surface area contributed by atoms with Crippen LogP contribution in [0.2, 0.25) is 0 Å². The summed E-state index contributed by atoms with van der Waals surface area (Å²) in [5.74, 6) is 0.605. The summed E-state index contributed by atoms with van der Waals surface area (Å²) < 4.78 is 0. The van der Waals surface area contributed by atoms with Gasteiger partial charge in [0.25, 0.3) is 0 Å². The van der Waals surface area contributed by atoms with E-state index in [1.807, 2.05) is 0 Å². The summed E-state index contributed by atoms with van der Waals surface area (Å²) >= 11 is 0. The second-order valence-electron chi connectivity index (χ2n) is 5.18. The van der Waals surface area contributed by atoms with Crippen LogP contribution in [0.5, 0.6) is 0 Å². The first-order valence-corrected chi connectivity index (χ1v) is 6.62. The molecule has 3 N–H and O–H groups in total. The van der Waals surface area contributed by atoms with Crippen LogP contribution in [0.1, 0.15) is 19.3 Å². The van der Waals surface area contributed by atoms with E-state index in [9.17, 15) is 4.79 Å². The number of hydrogen-bond acceptors (Lipinski definition) is 4. The molecule has 1 amide bonds. The number of amides is 1. The minimum atomic E-state index is -0.131. The molecule has 2 aliphatic rings. The summed E-state index contributed by atoms with van der Waals surface area (Å²) in [6, 6.07) is 0. The Bertz CT molecular complexity index is 246. The smallest absolute Gasteiger partial charge is 0.234 e. The van der Waals surface area contributed by atoms with Crippen molar-refractivity contribution in [3.63, 3.8) is 0 Å². The molecule has 0 spiro atoms. The number of hydrogen-bond donors (Lipinski definition) is 3. The molecule has 1 aliphatic heterocycles. The number of carbonyl (C=O) groups excluding carboxylic acids is 1. The molecule has 0 radical (unpaired) electrons. The maximum Gasteiger partial charge on any atom is 0.234 e. The molecule has 17 heavy (non-hydrogen) atoms. The zero-order chi connectivity index (χ0) is 12.1. The number of nitrogens with zero attached hydrogens (tertiary/aromatic N) is 1. The van der Waals surface area contributed by atoms with E-state index in [1.54, 1.807) is 0 Å². The largest absolute Gasteiger partial charge is 0.393 e. The molecule has 0 atom stereocenters. The van der Waals surface area contributed by atoms with Crippen LogP contribution in [0.3, 0.4) is 0 Å². The van der Waals surface area contributed by atoms with Crippen molar-refractivity contribution in [3.05, 3.63) is 0 Å². The third kappa shape index (κ3) is 4.26. The zero-order valence-electron chi connectivity index (χ0n) is 10.3. The van der Waals surface area contributed by atoms with Gasteiger partial charge in [0.2, 0.25) is 5.91 Å². The zero-order valence-corrected chi connectivity index (χ0v) is 10.3. The Balaban J connectivity index is 1.59. The van der Waals surface area contributed by atoms with Gasteiger partial charge in [0.1, 0.15) is 0 Å². The first-order valence-electron chi connectivity index (χ1n) is 6.62. The highest BCUT2D eigenvalue weighted by molar-refractivity contribution is 5.78. The van der Waals surface area contributed by atoms with Gasteiger partial charge in [-0.05, 0) is 38.3 Å². The Kier molecular flexibility index (Phi) is 4.76. The summed E-state index contributed by atoms with van der Waals surface area (Å²) in [7, 11) is 0. The standard InChI is InChI=1S/C12H23N3O2/c16-11-6-10(7-11)8-14-12(17)9-15-4-1-2-13-3-5-15/h10-11,13,16H,1-9H2,(H,14,17). The summed E-state index contributed by atoms with van der Waals surface area (Å²) in [6.07, 6.45) is 2.66. The van der Waals surface area contributed by atoms with Crippen molar-refractivity contribution >= 4 is 5.91 Å². The minimum absolute atomic E-state index is 0.119. The van der Waals surface area contributed by atoms with Crippen molar-refractivity contribution in [1.82, 2.24) is 15.5 Å². The summed E-state index contributed by atoms with van der Waals surface area (Å²) in [5.41, 5.74) is 0. The number of carbonyl (C=O) groups is 1. The Labute approximate surface area is 103 Å². The molecule has 0 unspecified atom stereocenters. The van der Waals surface area contributed by atoms with Gasteiger partial charge < -0.3 is 15.7 Å². The van der Waals surface area contributed by atoms with Crippen molar-refractivity contribution in [1.29, 1.82) is 0 Å². The van der Waals surface area contributed by atoms with Crippen molar-refractivity contribution in [2.24, 2.45) is 5.92 Å². The van der Waals surface area contributed by atoms with Gasteiger partial charge >= 0.3 is 0 Å². The molecule has 1 aliphatic carbocycles. The maximum atomic E-state index is 11.7. The molecule has 0 bridgehead atoms. The summed E-state index contributed by atoms with van der Waals surface area (Å²) in [4.78, 5) is 13.9. The molecule has 5 heteroatoms. The van der Waals surface area contributed by atoms with E-state index in [-0.39, 0.29) is 12.0 Å². The Morgan fingerprint density at radius 1 is 1.35 bits per heavy atom. The second-order valence-corrected chi connectivity index (χ2v) is 5.18. The first kappa shape index (κ1) is 12.8. The second kappa shape index (κ2) is 6.33. The average Bonchev–Trinajstić information content (AvgIpc) is 2.51. The predicted octanol–water partition coefficient (Wildman–Crippen LogP) is -0.831. The van der Waals surface area contributed by atoms with E-state index >= 15 is 0 Å². The van der Waals surface area contributed by atoms with Crippen LogP contribution in [0, 0.1) is 5.92 Å². The lowest BCUT2D eigenvalue weighted by molar-refractivity contribution is -0.122. The summed E-state index contributed by atoms with van der Waals surface area (Å²) in [5, 5.41) is 15.4. The van der Waals surface area contributed by atoms with Crippen LogP contribution < -0.4 is 10.6 Å². The molecule has 2 rings (SSSR count). The van der Waals surface area contributed by atoms with Crippen LogP contribution in [-0.4, -0.2) is 61.3 Å². The van der Waals surface area contributed by atoms with Crippen molar-refractivity contribution in [2.45, 2.75) is 25.4 Å². The summed E-state index contributed by atoms with van der Waals surface area (Å²) in [6.45, 7) is 5.22. The van der Waals surface area contributed by atoms with Crippen molar-refractivity contribution in [3.8, 4) is 0 Å². The number of nitrogens with one attached hydrogen (secondary N) is 2. The lowest BCUT2D eigenvalue weighted by Gasteiger charge is -2.31. The first-order chi connectivity index (χ1) is 8.24. The van der Waals surface area contributed by atoms with E-state index in [0.29, 0.717) is 12.5 Å². The Morgan fingerprint density at radius 2 is 2.18 bits per heavy atom. The van der Waals surface area contributed by atoms with Gasteiger partial charge in [-0.1, -0.05) is 0 Å². The van der Waals surface area contributed by atoms with E-state index < -0.39 is 0 Å². The highest BCUT2D eigenvalue weighted by Gasteiger charge is 2.27. The number of aliphatic hydroxyl groups is 1. The fraction of sp³-hybridized carbons (Fsp3) is 0.917. The van der Waals surface area contributed by atoms with Crippen LogP contribution in [0.15, 0.2) is 0 Å². The molecule has 0 aromatic heterocycles. The number of aliphatic hydroxyl groups excluding tert-OH is 1. The predicted molar refractivity (Wildman–Crippen MR) is 65.7 cm³/mol. The molecule has 2 fully saturated rings. The van der Waals surface area contributed by atoms with Crippen LogP contribution in [0.25, 0.3) is 0 Å². The van der Waals surface area contributed by atoms with Gasteiger partial charge in [0.05, 0.1) is 12.6 Å². The topological polar surface area (TPSA) is 64.6 Å². The van der Waals surface area contributed by atoms with Gasteiger partial charge in [-0.15, -0.1) is 0 Å². The van der Waals surface area contributed by atoms with E-state index in [4.69, 9.17) is 5.11 Å². The molecule has 1 saturated carbocycles. The van der Waals surface area contributed by atoms with Gasteiger partial charge in [-0.2, -0.15) is 0 Å². The molecule has 1 heterocycles. The van der Waals surface area contributed by atoms with E-state index in [2.05, 4.69) is 15.5 Å². The third-order valence-corrected chi connectivity index (χ3v) is 3.60. The van der Waals surface area contributed by atoms with Crippen LogP contribution >= 0.6 is 0 Å². The third-order valence-electron chi connectivity index (χ3n) is 3.60. The average molecular weight is 241 g/mol. The molecule has 5 nitrogen and oxygen atoms in total. The molecular formula is C12H23N3O2. The van der Waals surface area contributed by atoms with E-state index in [0.717, 1.165) is 52.0 Å². The van der Waals surface area contributed by atoms with Crippen LogP contribution in [0.4, 0.5) is 0 Å². The van der Waals surface area contributed by atoms with Crippen molar-refractivity contribution in [2.75, 3.05) is 39.3 Å². The molecule has 1 saturated heterocycles. The highest BCUT2D eigenvalue weighted by Crippen LogP contribution is 2.25. The molecule has 98 valence electrons. The van der Waals surface area contributed by atoms with Crippen molar-refractivity contribution < 1.29 is 9.90 Å². The highest BCUT2D eigenvalue weighted by atomic mass is 16.3. The SMILES string of the molecule is O=C(CN1CCCNCC1)NCC1CC(O)C1. The normalized spacial score (nSPS) is 30.4. The lowest BCUT2D eigenvalue weighted by Crippen LogP contribution is -2.43. The van der Waals surface area contributed by atoms with Gasteiger partial charge in [0, 0.05) is 19.6 Å². The molecular weight excluding hydrogens is 218 g/mol. The minimum Gasteiger partial charge on any atom is -0.393 e. The monoisotopic (exact) mass is 241 g/mol. The van der Waals surface area contributed by atoms with E-state index in [1.165, 1.54) is 0 Å². The fourth-order valence-electron chi connectivity index (χ4n) is 2.44. The van der Waals surface area contributed by atoms with Gasteiger partial charge in [-0.25, -0.2) is 0 Å². The maximum absolute atomic E-state index is 11.7. The van der Waals surface area contributed by atoms with Gasteiger partial charge in [0.15, 0.2) is 0 Å². The fourth-order valence-corrected chi connectivity index (χ4v) is 2.44. The molecule has 0 aromatic carbocycles.